The van der Waals surface area contributed by atoms with Crippen LogP contribution in [0.3, 0.4) is 0 Å². The van der Waals surface area contributed by atoms with Gasteiger partial charge in [-0.15, -0.1) is 0 Å². The molecule has 0 aromatic heterocycles. The van der Waals surface area contributed by atoms with Gasteiger partial charge in [0.1, 0.15) is 0 Å². The van der Waals surface area contributed by atoms with Crippen molar-refractivity contribution in [3.63, 3.8) is 0 Å². The van der Waals surface area contributed by atoms with Gasteiger partial charge in [0, 0.05) is 29.8 Å². The van der Waals surface area contributed by atoms with Crippen molar-refractivity contribution in [1.82, 2.24) is 4.90 Å². The fraction of sp³-hybridized carbons (Fsp3) is 0.571. The summed E-state index contributed by atoms with van der Waals surface area (Å²) in [5.74, 6) is 0. The average Bonchev–Trinajstić information content (AvgIpc) is 2.37. The Morgan fingerprint density at radius 2 is 2.05 bits per heavy atom. The molecule has 3 N–H and O–H groups in total. The predicted molar refractivity (Wildman–Crippen MR) is 79.9 cm³/mol. The smallest absolute Gasteiger partial charge is 0.0701 e. The SMILES string of the molecule is Nc1cc(Br)cc(CN2CCC(OCCO)CC2)c1. The summed E-state index contributed by atoms with van der Waals surface area (Å²) in [5.41, 5.74) is 7.88. The van der Waals surface area contributed by atoms with Crippen molar-refractivity contribution in [2.75, 3.05) is 32.0 Å². The monoisotopic (exact) mass is 328 g/mol. The van der Waals surface area contributed by atoms with Crippen LogP contribution in [-0.4, -0.2) is 42.4 Å². The molecule has 0 saturated carbocycles. The molecular formula is C14H21BrN2O2. The highest BCUT2D eigenvalue weighted by molar-refractivity contribution is 9.10. The fourth-order valence-corrected chi connectivity index (χ4v) is 3.04. The number of nitrogens with zero attached hydrogens (tertiary/aromatic N) is 1. The zero-order chi connectivity index (χ0) is 13.7. The lowest BCUT2D eigenvalue weighted by Gasteiger charge is -2.31. The number of hydrogen-bond acceptors (Lipinski definition) is 4. The Hall–Kier alpha value is -0.620. The number of rotatable bonds is 5. The molecule has 4 nitrogen and oxygen atoms in total. The second kappa shape index (κ2) is 7.24. The van der Waals surface area contributed by atoms with Crippen LogP contribution >= 0.6 is 15.9 Å². The number of hydrogen-bond donors (Lipinski definition) is 2. The van der Waals surface area contributed by atoms with Crippen molar-refractivity contribution in [1.29, 1.82) is 0 Å². The van der Waals surface area contributed by atoms with Gasteiger partial charge >= 0.3 is 0 Å². The Kier molecular flexibility index (Phi) is 5.63. The number of benzene rings is 1. The van der Waals surface area contributed by atoms with Gasteiger partial charge in [0.25, 0.3) is 0 Å². The number of aliphatic hydroxyl groups is 1. The highest BCUT2D eigenvalue weighted by Crippen LogP contribution is 2.21. The van der Waals surface area contributed by atoms with Gasteiger partial charge in [-0.05, 0) is 36.6 Å². The van der Waals surface area contributed by atoms with Crippen LogP contribution in [0.4, 0.5) is 5.69 Å². The molecule has 19 heavy (non-hydrogen) atoms. The van der Waals surface area contributed by atoms with Crippen LogP contribution < -0.4 is 5.73 Å². The predicted octanol–water partition coefficient (Wildman–Crippen LogP) is 2.00. The van der Waals surface area contributed by atoms with Crippen molar-refractivity contribution in [3.05, 3.63) is 28.2 Å². The Morgan fingerprint density at radius 3 is 2.68 bits per heavy atom. The minimum absolute atomic E-state index is 0.109. The van der Waals surface area contributed by atoms with E-state index in [1.807, 2.05) is 12.1 Å². The summed E-state index contributed by atoms with van der Waals surface area (Å²) < 4.78 is 6.60. The van der Waals surface area contributed by atoms with Gasteiger partial charge < -0.3 is 15.6 Å². The van der Waals surface area contributed by atoms with E-state index in [1.165, 1.54) is 5.56 Å². The molecule has 1 aromatic carbocycles. The van der Waals surface area contributed by atoms with E-state index in [4.69, 9.17) is 15.6 Å². The van der Waals surface area contributed by atoms with E-state index in [2.05, 4.69) is 26.9 Å². The molecule has 0 amide bonds. The molecule has 0 radical (unpaired) electrons. The quantitative estimate of drug-likeness (QED) is 0.812. The molecule has 5 heteroatoms. The largest absolute Gasteiger partial charge is 0.399 e. The molecule has 1 aromatic rings. The van der Waals surface area contributed by atoms with Gasteiger partial charge in [0.05, 0.1) is 19.3 Å². The molecule has 1 saturated heterocycles. The number of ether oxygens (including phenoxy) is 1. The highest BCUT2D eigenvalue weighted by Gasteiger charge is 2.19. The molecule has 0 bridgehead atoms. The Labute approximate surface area is 122 Å². The number of anilines is 1. The maximum Gasteiger partial charge on any atom is 0.0701 e. The van der Waals surface area contributed by atoms with Gasteiger partial charge in [0.2, 0.25) is 0 Å². The van der Waals surface area contributed by atoms with E-state index in [1.54, 1.807) is 0 Å². The van der Waals surface area contributed by atoms with Gasteiger partial charge in [-0.2, -0.15) is 0 Å². The number of likely N-dealkylation sites (tertiary alicyclic amines) is 1. The van der Waals surface area contributed by atoms with Crippen molar-refractivity contribution in [3.8, 4) is 0 Å². The third-order valence-electron chi connectivity index (χ3n) is 3.37. The number of aliphatic hydroxyl groups excluding tert-OH is 1. The molecule has 1 fully saturated rings. The lowest BCUT2D eigenvalue weighted by atomic mass is 10.1. The molecule has 0 unspecified atom stereocenters. The molecule has 0 spiro atoms. The van der Waals surface area contributed by atoms with E-state index in [9.17, 15) is 0 Å². The summed E-state index contributed by atoms with van der Waals surface area (Å²) in [5, 5.41) is 8.74. The lowest BCUT2D eigenvalue weighted by molar-refractivity contribution is -0.00901. The molecule has 1 aliphatic rings. The normalized spacial score (nSPS) is 17.8. The highest BCUT2D eigenvalue weighted by atomic mass is 79.9. The minimum Gasteiger partial charge on any atom is -0.399 e. The van der Waals surface area contributed by atoms with Crippen LogP contribution in [0.15, 0.2) is 22.7 Å². The number of nitrogens with two attached hydrogens (primary N) is 1. The van der Waals surface area contributed by atoms with Crippen molar-refractivity contribution < 1.29 is 9.84 Å². The molecule has 106 valence electrons. The summed E-state index contributed by atoms with van der Waals surface area (Å²) in [4.78, 5) is 2.42. The van der Waals surface area contributed by atoms with E-state index < -0.39 is 0 Å². The Balaban J connectivity index is 1.82. The Morgan fingerprint density at radius 1 is 1.32 bits per heavy atom. The summed E-state index contributed by atoms with van der Waals surface area (Å²) >= 11 is 3.47. The Bertz CT molecular complexity index is 386. The summed E-state index contributed by atoms with van der Waals surface area (Å²) in [6.45, 7) is 3.55. The van der Waals surface area contributed by atoms with Crippen LogP contribution in [0, 0.1) is 0 Å². The third kappa shape index (κ3) is 4.76. The van der Waals surface area contributed by atoms with Crippen LogP contribution in [0.5, 0.6) is 0 Å². The first kappa shape index (κ1) is 14.8. The van der Waals surface area contributed by atoms with E-state index in [0.29, 0.717) is 12.7 Å². The second-order valence-corrected chi connectivity index (χ2v) is 5.88. The number of halogens is 1. The van der Waals surface area contributed by atoms with Crippen LogP contribution in [0.25, 0.3) is 0 Å². The lowest BCUT2D eigenvalue weighted by Crippen LogP contribution is -2.36. The number of piperidine rings is 1. The number of nitrogen functional groups attached to an aromatic ring is 1. The summed E-state index contributed by atoms with van der Waals surface area (Å²) in [7, 11) is 0. The molecule has 1 heterocycles. The topological polar surface area (TPSA) is 58.7 Å². The maximum absolute atomic E-state index is 8.74. The van der Waals surface area contributed by atoms with Crippen LogP contribution in [-0.2, 0) is 11.3 Å². The van der Waals surface area contributed by atoms with E-state index in [0.717, 1.165) is 42.6 Å². The minimum atomic E-state index is 0.109. The molecule has 2 rings (SSSR count). The van der Waals surface area contributed by atoms with Crippen molar-refractivity contribution in [2.45, 2.75) is 25.5 Å². The molecule has 1 aliphatic heterocycles. The van der Waals surface area contributed by atoms with E-state index in [-0.39, 0.29) is 6.61 Å². The van der Waals surface area contributed by atoms with Gasteiger partial charge in [-0.25, -0.2) is 0 Å². The first-order valence-electron chi connectivity index (χ1n) is 6.67. The average molecular weight is 329 g/mol. The summed E-state index contributed by atoms with van der Waals surface area (Å²) in [6.07, 6.45) is 2.36. The third-order valence-corrected chi connectivity index (χ3v) is 3.82. The zero-order valence-electron chi connectivity index (χ0n) is 11.0. The van der Waals surface area contributed by atoms with Crippen molar-refractivity contribution in [2.24, 2.45) is 0 Å². The van der Waals surface area contributed by atoms with Gasteiger partial charge in [-0.3, -0.25) is 4.90 Å². The zero-order valence-corrected chi connectivity index (χ0v) is 12.6. The second-order valence-electron chi connectivity index (χ2n) is 4.96. The first-order chi connectivity index (χ1) is 9.17. The van der Waals surface area contributed by atoms with Gasteiger partial charge in [-0.1, -0.05) is 15.9 Å². The first-order valence-corrected chi connectivity index (χ1v) is 7.46. The molecular weight excluding hydrogens is 308 g/mol. The van der Waals surface area contributed by atoms with Crippen LogP contribution in [0.2, 0.25) is 0 Å². The summed E-state index contributed by atoms with van der Waals surface area (Å²) in [6, 6.07) is 6.06. The van der Waals surface area contributed by atoms with Crippen molar-refractivity contribution >= 4 is 21.6 Å². The molecule has 0 aliphatic carbocycles. The maximum atomic E-state index is 8.74. The standard InChI is InChI=1S/C14H21BrN2O2/c15-12-7-11(8-13(16)9-12)10-17-3-1-14(2-4-17)19-6-5-18/h7-9,14,18H,1-6,10,16H2. The fourth-order valence-electron chi connectivity index (χ4n) is 2.48. The van der Waals surface area contributed by atoms with Crippen LogP contribution in [0.1, 0.15) is 18.4 Å². The van der Waals surface area contributed by atoms with Gasteiger partial charge in [0.15, 0.2) is 0 Å². The van der Waals surface area contributed by atoms with E-state index >= 15 is 0 Å². The molecule has 0 atom stereocenters.